The molecule has 1 aromatic carbocycles. The van der Waals surface area contributed by atoms with Gasteiger partial charge in [-0.15, -0.1) is 0 Å². The summed E-state index contributed by atoms with van der Waals surface area (Å²) >= 11 is 0. The van der Waals surface area contributed by atoms with E-state index in [0.29, 0.717) is 6.54 Å². The lowest BCUT2D eigenvalue weighted by atomic mass is 10.1. The monoisotopic (exact) mass is 347 g/mol. The highest BCUT2D eigenvalue weighted by molar-refractivity contribution is 5.78. The smallest absolute Gasteiger partial charge is 0.236 e. The Kier molecular flexibility index (Phi) is 5.60. The average Bonchev–Trinajstić information content (AvgIpc) is 3.09. The molecule has 0 fully saturated rings. The molecular formula is C17H22FN5O2. The molecule has 1 aliphatic rings. The van der Waals surface area contributed by atoms with Gasteiger partial charge in [-0.25, -0.2) is 14.1 Å². The van der Waals surface area contributed by atoms with Gasteiger partial charge in [0.05, 0.1) is 19.6 Å². The Bertz CT molecular complexity index is 721. The van der Waals surface area contributed by atoms with Crippen molar-refractivity contribution in [3.05, 3.63) is 42.2 Å². The molecule has 7 nitrogen and oxygen atoms in total. The minimum absolute atomic E-state index is 0.0264. The number of carbonyl (C=O) groups is 1. The van der Waals surface area contributed by atoms with Crippen LogP contribution in [0.4, 0.5) is 4.39 Å². The van der Waals surface area contributed by atoms with Crippen molar-refractivity contribution < 1.29 is 13.9 Å². The number of nitrogens with one attached hydrogen (secondary N) is 1. The summed E-state index contributed by atoms with van der Waals surface area (Å²) in [6.07, 6.45) is 3.36. The van der Waals surface area contributed by atoms with Crippen molar-refractivity contribution in [3.63, 3.8) is 0 Å². The molecule has 134 valence electrons. The van der Waals surface area contributed by atoms with Gasteiger partial charge in [0.25, 0.3) is 0 Å². The highest BCUT2D eigenvalue weighted by Crippen LogP contribution is 2.15. The van der Waals surface area contributed by atoms with Crippen molar-refractivity contribution in [2.75, 3.05) is 26.7 Å². The molecule has 0 saturated carbocycles. The molecule has 1 atom stereocenters. The zero-order valence-electron chi connectivity index (χ0n) is 14.2. The van der Waals surface area contributed by atoms with Gasteiger partial charge in [-0.05, 0) is 18.6 Å². The second kappa shape index (κ2) is 8.06. The number of benzene rings is 1. The van der Waals surface area contributed by atoms with Gasteiger partial charge in [0.1, 0.15) is 18.8 Å². The van der Waals surface area contributed by atoms with E-state index in [2.05, 4.69) is 15.4 Å². The van der Waals surface area contributed by atoms with Gasteiger partial charge in [0, 0.05) is 19.5 Å². The first-order chi connectivity index (χ1) is 12.1. The third kappa shape index (κ3) is 4.54. The first-order valence-electron chi connectivity index (χ1n) is 8.35. The molecule has 1 aromatic heterocycles. The molecular weight excluding hydrogens is 325 g/mol. The Hall–Kier alpha value is -2.48. The van der Waals surface area contributed by atoms with Crippen molar-refractivity contribution in [1.82, 2.24) is 25.0 Å². The summed E-state index contributed by atoms with van der Waals surface area (Å²) in [5, 5.41) is 7.44. The van der Waals surface area contributed by atoms with Gasteiger partial charge in [0.15, 0.2) is 11.6 Å². The summed E-state index contributed by atoms with van der Waals surface area (Å²) in [6, 6.07) is 6.44. The number of hydrogen-bond donors (Lipinski definition) is 1. The van der Waals surface area contributed by atoms with Crippen LogP contribution >= 0.6 is 0 Å². The van der Waals surface area contributed by atoms with Gasteiger partial charge >= 0.3 is 0 Å². The van der Waals surface area contributed by atoms with E-state index >= 15 is 0 Å². The Morgan fingerprint density at radius 1 is 1.48 bits per heavy atom. The molecule has 0 radical (unpaired) electrons. The number of nitrogens with zero attached hydrogens (tertiary/aromatic N) is 4. The Labute approximate surface area is 145 Å². The fraction of sp³-hybridized carbons (Fsp3) is 0.471. The van der Waals surface area contributed by atoms with Gasteiger partial charge in [-0.1, -0.05) is 12.1 Å². The van der Waals surface area contributed by atoms with E-state index in [9.17, 15) is 9.18 Å². The van der Waals surface area contributed by atoms with Crippen LogP contribution in [0.25, 0.3) is 0 Å². The highest BCUT2D eigenvalue weighted by Gasteiger charge is 2.20. The lowest BCUT2D eigenvalue weighted by Gasteiger charge is -2.25. The molecule has 2 heterocycles. The topological polar surface area (TPSA) is 72.3 Å². The molecule has 1 aliphatic heterocycles. The SMILES string of the molecule is CN(CCOc1ccccc1F)C(=O)CN[C@@H]1CCc2ncnn2C1. The number of aryl methyl sites for hydroxylation is 1. The number of carbonyl (C=O) groups excluding carboxylic acids is 1. The van der Waals surface area contributed by atoms with Gasteiger partial charge in [0.2, 0.25) is 5.91 Å². The van der Waals surface area contributed by atoms with E-state index in [-0.39, 0.29) is 30.9 Å². The van der Waals surface area contributed by atoms with Crippen LogP contribution in [0.2, 0.25) is 0 Å². The molecule has 8 heteroatoms. The van der Waals surface area contributed by atoms with Crippen LogP contribution in [0.1, 0.15) is 12.2 Å². The number of hydrogen-bond acceptors (Lipinski definition) is 5. The van der Waals surface area contributed by atoms with Crippen LogP contribution in [0.5, 0.6) is 5.75 Å². The van der Waals surface area contributed by atoms with E-state index in [4.69, 9.17) is 4.74 Å². The summed E-state index contributed by atoms with van der Waals surface area (Å²) in [7, 11) is 1.71. The van der Waals surface area contributed by atoms with Gasteiger partial charge in [-0.2, -0.15) is 5.10 Å². The number of amides is 1. The minimum Gasteiger partial charge on any atom is -0.489 e. The first kappa shape index (κ1) is 17.3. The fourth-order valence-corrected chi connectivity index (χ4v) is 2.75. The molecule has 0 spiro atoms. The summed E-state index contributed by atoms with van der Waals surface area (Å²) in [5.74, 6) is 0.767. The first-order valence-corrected chi connectivity index (χ1v) is 8.35. The summed E-state index contributed by atoms with van der Waals surface area (Å²) in [4.78, 5) is 18.0. The zero-order chi connectivity index (χ0) is 17.6. The maximum atomic E-state index is 13.5. The van der Waals surface area contributed by atoms with E-state index in [0.717, 1.165) is 25.2 Å². The quantitative estimate of drug-likeness (QED) is 0.804. The molecule has 3 rings (SSSR count). The Morgan fingerprint density at radius 3 is 3.16 bits per heavy atom. The molecule has 2 aromatic rings. The van der Waals surface area contributed by atoms with Crippen LogP contribution in [-0.4, -0.2) is 58.4 Å². The predicted molar refractivity (Wildman–Crippen MR) is 89.7 cm³/mol. The Balaban J connectivity index is 1.37. The molecule has 1 amide bonds. The predicted octanol–water partition coefficient (Wildman–Crippen LogP) is 0.859. The number of fused-ring (bicyclic) bond motifs is 1. The van der Waals surface area contributed by atoms with E-state index < -0.39 is 5.82 Å². The van der Waals surface area contributed by atoms with Crippen molar-refractivity contribution in [3.8, 4) is 5.75 Å². The van der Waals surface area contributed by atoms with E-state index in [1.165, 1.54) is 6.07 Å². The largest absolute Gasteiger partial charge is 0.489 e. The lowest BCUT2D eigenvalue weighted by Crippen LogP contribution is -2.44. The van der Waals surface area contributed by atoms with Crippen LogP contribution in [0, 0.1) is 5.82 Å². The number of halogens is 1. The molecule has 0 saturated heterocycles. The van der Waals surface area contributed by atoms with Crippen molar-refractivity contribution in [1.29, 1.82) is 0 Å². The van der Waals surface area contributed by atoms with Crippen LogP contribution in [0.15, 0.2) is 30.6 Å². The number of likely N-dealkylation sites (N-methyl/N-ethyl adjacent to an activating group) is 1. The maximum absolute atomic E-state index is 13.5. The third-order valence-electron chi connectivity index (χ3n) is 4.29. The van der Waals surface area contributed by atoms with Crippen LogP contribution in [0.3, 0.4) is 0 Å². The lowest BCUT2D eigenvalue weighted by molar-refractivity contribution is -0.129. The standard InChI is InChI=1S/C17H22FN5O2/c1-22(8-9-25-15-5-3-2-4-14(15)18)17(24)10-19-13-6-7-16-20-12-21-23(16)11-13/h2-5,12-13,19H,6-11H2,1H3/t13-/m1/s1. The van der Waals surface area contributed by atoms with Crippen molar-refractivity contribution >= 4 is 5.91 Å². The molecule has 1 N–H and O–H groups in total. The number of aromatic nitrogens is 3. The third-order valence-corrected chi connectivity index (χ3v) is 4.29. The molecule has 25 heavy (non-hydrogen) atoms. The number of ether oxygens (including phenoxy) is 1. The zero-order valence-corrected chi connectivity index (χ0v) is 14.2. The summed E-state index contributed by atoms with van der Waals surface area (Å²) < 4.78 is 20.7. The molecule has 0 aliphatic carbocycles. The fourth-order valence-electron chi connectivity index (χ4n) is 2.75. The second-order valence-corrected chi connectivity index (χ2v) is 6.07. The summed E-state index contributed by atoms with van der Waals surface area (Å²) in [6.45, 7) is 1.62. The number of rotatable bonds is 7. The number of para-hydroxylation sites is 1. The van der Waals surface area contributed by atoms with Gasteiger partial charge < -0.3 is 15.0 Å². The normalized spacial score (nSPS) is 16.3. The van der Waals surface area contributed by atoms with E-state index in [1.807, 2.05) is 4.68 Å². The van der Waals surface area contributed by atoms with Crippen LogP contribution < -0.4 is 10.1 Å². The summed E-state index contributed by atoms with van der Waals surface area (Å²) in [5.41, 5.74) is 0. The maximum Gasteiger partial charge on any atom is 0.236 e. The van der Waals surface area contributed by atoms with Gasteiger partial charge in [-0.3, -0.25) is 4.79 Å². The Morgan fingerprint density at radius 2 is 2.32 bits per heavy atom. The van der Waals surface area contributed by atoms with Crippen LogP contribution in [-0.2, 0) is 17.8 Å². The molecule has 0 unspecified atom stereocenters. The second-order valence-electron chi connectivity index (χ2n) is 6.07. The average molecular weight is 347 g/mol. The molecule has 0 bridgehead atoms. The minimum atomic E-state index is -0.400. The van der Waals surface area contributed by atoms with Crippen molar-refractivity contribution in [2.24, 2.45) is 0 Å². The van der Waals surface area contributed by atoms with E-state index in [1.54, 1.807) is 36.5 Å². The highest BCUT2D eigenvalue weighted by atomic mass is 19.1. The van der Waals surface area contributed by atoms with Crippen molar-refractivity contribution in [2.45, 2.75) is 25.4 Å².